The molecule has 0 aliphatic carbocycles. The van der Waals surface area contributed by atoms with Crippen molar-refractivity contribution in [2.45, 2.75) is 18.9 Å². The number of hydrogen-bond acceptors (Lipinski definition) is 3. The van der Waals surface area contributed by atoms with Gasteiger partial charge in [-0.1, -0.05) is 12.1 Å². The SMILES string of the molecule is O=C(Nc1ccc2c(c1)OCO2)N1CCCC1c1ccc(F)cc1. The molecule has 2 aromatic rings. The number of halogens is 1. The number of carbonyl (C=O) groups is 1. The van der Waals surface area contributed by atoms with Crippen LogP contribution < -0.4 is 14.8 Å². The topological polar surface area (TPSA) is 50.8 Å². The number of urea groups is 1. The maximum absolute atomic E-state index is 13.1. The molecule has 0 aromatic heterocycles. The maximum atomic E-state index is 13.1. The minimum atomic E-state index is -0.270. The average Bonchev–Trinajstić information content (AvgIpc) is 3.24. The smallest absolute Gasteiger partial charge is 0.322 e. The molecule has 2 aliphatic heterocycles. The molecule has 1 N–H and O–H groups in total. The Kier molecular flexibility index (Phi) is 3.72. The zero-order valence-corrected chi connectivity index (χ0v) is 13.0. The van der Waals surface area contributed by atoms with Crippen molar-refractivity contribution >= 4 is 11.7 Å². The summed E-state index contributed by atoms with van der Waals surface area (Å²) >= 11 is 0. The van der Waals surface area contributed by atoms with Gasteiger partial charge in [-0.3, -0.25) is 0 Å². The van der Waals surface area contributed by atoms with Crippen LogP contribution in [0.5, 0.6) is 11.5 Å². The summed E-state index contributed by atoms with van der Waals surface area (Å²) in [6.07, 6.45) is 1.80. The summed E-state index contributed by atoms with van der Waals surface area (Å²) in [6.45, 7) is 0.879. The Morgan fingerprint density at radius 1 is 1.12 bits per heavy atom. The highest BCUT2D eigenvalue weighted by molar-refractivity contribution is 5.90. The van der Waals surface area contributed by atoms with E-state index in [2.05, 4.69) is 5.32 Å². The zero-order valence-electron chi connectivity index (χ0n) is 13.0. The highest BCUT2D eigenvalue weighted by Gasteiger charge is 2.30. The van der Waals surface area contributed by atoms with Crippen LogP contribution in [-0.2, 0) is 0 Å². The fraction of sp³-hybridized carbons (Fsp3) is 0.278. The number of ether oxygens (including phenoxy) is 2. The molecule has 2 heterocycles. The van der Waals surface area contributed by atoms with Gasteiger partial charge >= 0.3 is 6.03 Å². The first-order valence-corrected chi connectivity index (χ1v) is 7.93. The summed E-state index contributed by atoms with van der Waals surface area (Å²) in [5, 5.41) is 2.90. The number of amides is 2. The van der Waals surface area contributed by atoms with E-state index in [0.717, 1.165) is 18.4 Å². The van der Waals surface area contributed by atoms with Crippen LogP contribution in [0.25, 0.3) is 0 Å². The van der Waals surface area contributed by atoms with Gasteiger partial charge in [-0.15, -0.1) is 0 Å². The van der Waals surface area contributed by atoms with Crippen molar-refractivity contribution in [1.29, 1.82) is 0 Å². The van der Waals surface area contributed by atoms with Crippen LogP contribution >= 0.6 is 0 Å². The van der Waals surface area contributed by atoms with Crippen molar-refractivity contribution < 1.29 is 18.7 Å². The van der Waals surface area contributed by atoms with Crippen molar-refractivity contribution in [3.8, 4) is 11.5 Å². The molecule has 1 atom stereocenters. The van der Waals surface area contributed by atoms with Gasteiger partial charge in [0, 0.05) is 18.3 Å². The molecule has 2 amide bonds. The molecule has 0 radical (unpaired) electrons. The van der Waals surface area contributed by atoms with E-state index >= 15 is 0 Å². The van der Waals surface area contributed by atoms with E-state index in [-0.39, 0.29) is 24.7 Å². The maximum Gasteiger partial charge on any atom is 0.322 e. The Morgan fingerprint density at radius 2 is 1.92 bits per heavy atom. The number of benzene rings is 2. The predicted molar refractivity (Wildman–Crippen MR) is 86.7 cm³/mol. The second-order valence-electron chi connectivity index (χ2n) is 5.90. The third-order valence-electron chi connectivity index (χ3n) is 4.39. The molecule has 2 aromatic carbocycles. The molecule has 1 unspecified atom stereocenters. The van der Waals surface area contributed by atoms with E-state index in [1.54, 1.807) is 35.2 Å². The predicted octanol–water partition coefficient (Wildman–Crippen LogP) is 3.92. The summed E-state index contributed by atoms with van der Waals surface area (Å²) in [4.78, 5) is 14.4. The first-order valence-electron chi connectivity index (χ1n) is 7.93. The van der Waals surface area contributed by atoms with Crippen molar-refractivity contribution in [1.82, 2.24) is 4.90 Å². The van der Waals surface area contributed by atoms with Crippen molar-refractivity contribution in [2.24, 2.45) is 0 Å². The quantitative estimate of drug-likeness (QED) is 0.909. The second-order valence-corrected chi connectivity index (χ2v) is 5.90. The van der Waals surface area contributed by atoms with Crippen molar-refractivity contribution in [2.75, 3.05) is 18.7 Å². The summed E-state index contributed by atoms with van der Waals surface area (Å²) < 4.78 is 23.7. The average molecular weight is 328 g/mol. The number of anilines is 1. The van der Waals surface area contributed by atoms with E-state index in [4.69, 9.17) is 9.47 Å². The van der Waals surface area contributed by atoms with Crippen LogP contribution in [0.4, 0.5) is 14.9 Å². The van der Waals surface area contributed by atoms with Crippen LogP contribution in [0.15, 0.2) is 42.5 Å². The standard InChI is InChI=1S/C18H17FN2O3/c19-13-5-3-12(4-6-13)15-2-1-9-21(15)18(22)20-14-7-8-16-17(10-14)24-11-23-16/h3-8,10,15H,1-2,9,11H2,(H,20,22). The molecule has 5 nitrogen and oxygen atoms in total. The fourth-order valence-corrected chi connectivity index (χ4v) is 3.21. The highest BCUT2D eigenvalue weighted by atomic mass is 19.1. The molecular formula is C18H17FN2O3. The van der Waals surface area contributed by atoms with E-state index < -0.39 is 0 Å². The monoisotopic (exact) mass is 328 g/mol. The minimum absolute atomic E-state index is 0.0281. The third kappa shape index (κ3) is 2.75. The molecule has 1 fully saturated rings. The number of rotatable bonds is 2. The second kappa shape index (κ2) is 6.03. The summed E-state index contributed by atoms with van der Waals surface area (Å²) in [5.41, 5.74) is 1.61. The van der Waals surface area contributed by atoms with Crippen LogP contribution in [0.3, 0.4) is 0 Å². The van der Waals surface area contributed by atoms with E-state index in [1.165, 1.54) is 12.1 Å². The highest BCUT2D eigenvalue weighted by Crippen LogP contribution is 2.35. The van der Waals surface area contributed by atoms with Gasteiger partial charge in [0.25, 0.3) is 0 Å². The van der Waals surface area contributed by atoms with Gasteiger partial charge in [-0.25, -0.2) is 9.18 Å². The molecule has 1 saturated heterocycles. The van der Waals surface area contributed by atoms with Gasteiger partial charge in [-0.05, 0) is 42.7 Å². The normalized spacial score (nSPS) is 18.7. The van der Waals surface area contributed by atoms with Gasteiger partial charge in [0.15, 0.2) is 11.5 Å². The Hall–Kier alpha value is -2.76. The lowest BCUT2D eigenvalue weighted by Crippen LogP contribution is -2.34. The lowest BCUT2D eigenvalue weighted by molar-refractivity contribution is 0.174. The fourth-order valence-electron chi connectivity index (χ4n) is 3.21. The van der Waals surface area contributed by atoms with Crippen LogP contribution in [0.2, 0.25) is 0 Å². The van der Waals surface area contributed by atoms with Crippen LogP contribution in [0, 0.1) is 5.82 Å². The summed E-state index contributed by atoms with van der Waals surface area (Å²) in [5.74, 6) is 1.04. The van der Waals surface area contributed by atoms with Crippen LogP contribution in [0.1, 0.15) is 24.4 Å². The number of hydrogen-bond donors (Lipinski definition) is 1. The number of fused-ring (bicyclic) bond motifs is 1. The van der Waals surface area contributed by atoms with Gasteiger partial charge < -0.3 is 19.7 Å². The molecule has 0 saturated carbocycles. The van der Waals surface area contributed by atoms with Gasteiger partial charge in [0.1, 0.15) is 5.82 Å². The molecule has 24 heavy (non-hydrogen) atoms. The lowest BCUT2D eigenvalue weighted by atomic mass is 10.0. The Bertz CT molecular complexity index is 763. The van der Waals surface area contributed by atoms with E-state index in [1.807, 2.05) is 0 Å². The number of nitrogens with one attached hydrogen (secondary N) is 1. The summed E-state index contributed by atoms with van der Waals surface area (Å²) in [6, 6.07) is 11.5. The first kappa shape index (κ1) is 14.8. The van der Waals surface area contributed by atoms with Gasteiger partial charge in [-0.2, -0.15) is 0 Å². The first-order chi connectivity index (χ1) is 11.7. The molecule has 6 heteroatoms. The van der Waals surface area contributed by atoms with E-state index in [0.29, 0.717) is 23.7 Å². The zero-order chi connectivity index (χ0) is 16.5. The molecule has 124 valence electrons. The molecular weight excluding hydrogens is 311 g/mol. The minimum Gasteiger partial charge on any atom is -0.454 e. The number of nitrogens with zero attached hydrogens (tertiary/aromatic N) is 1. The lowest BCUT2D eigenvalue weighted by Gasteiger charge is -2.25. The van der Waals surface area contributed by atoms with Gasteiger partial charge in [0.05, 0.1) is 6.04 Å². The molecule has 4 rings (SSSR count). The van der Waals surface area contributed by atoms with Crippen molar-refractivity contribution in [3.63, 3.8) is 0 Å². The third-order valence-corrected chi connectivity index (χ3v) is 4.39. The Labute approximate surface area is 139 Å². The Morgan fingerprint density at radius 3 is 2.75 bits per heavy atom. The molecule has 2 aliphatic rings. The van der Waals surface area contributed by atoms with Crippen molar-refractivity contribution in [3.05, 3.63) is 53.8 Å². The van der Waals surface area contributed by atoms with Gasteiger partial charge in [0.2, 0.25) is 6.79 Å². The van der Waals surface area contributed by atoms with E-state index in [9.17, 15) is 9.18 Å². The number of likely N-dealkylation sites (tertiary alicyclic amines) is 1. The molecule has 0 spiro atoms. The van der Waals surface area contributed by atoms with Crippen LogP contribution in [-0.4, -0.2) is 24.3 Å². The molecule has 0 bridgehead atoms. The Balaban J connectivity index is 1.50. The summed E-state index contributed by atoms with van der Waals surface area (Å²) in [7, 11) is 0. The largest absolute Gasteiger partial charge is 0.454 e. The number of carbonyl (C=O) groups excluding carboxylic acids is 1.